The first-order valence-electron chi connectivity index (χ1n) is 6.67. The van der Waals surface area contributed by atoms with Crippen molar-refractivity contribution in [2.24, 2.45) is 11.5 Å². The normalized spacial score (nSPS) is 13.9. The van der Waals surface area contributed by atoms with Gasteiger partial charge in [0.15, 0.2) is 5.16 Å². The molecule has 6 nitrogen and oxygen atoms in total. The highest BCUT2D eigenvalue weighted by Gasteiger charge is 2.24. The molecule has 1 aromatic heterocycles. The van der Waals surface area contributed by atoms with Crippen molar-refractivity contribution in [1.82, 2.24) is 9.97 Å². The molecule has 5 N–H and O–H groups in total. The SMILES string of the molecule is CCCc1cc(=O)[nH]c(SCCCC(C)(N)C(N)=O)n1. The first-order chi connectivity index (χ1) is 9.35. The Morgan fingerprint density at radius 1 is 1.55 bits per heavy atom. The molecule has 0 saturated carbocycles. The molecule has 0 saturated heterocycles. The van der Waals surface area contributed by atoms with E-state index in [2.05, 4.69) is 9.97 Å². The third-order valence-electron chi connectivity index (χ3n) is 2.92. The molecule has 1 atom stereocenters. The summed E-state index contributed by atoms with van der Waals surface area (Å²) in [6, 6.07) is 1.53. The second-order valence-corrected chi connectivity index (χ2v) is 6.11. The zero-order valence-corrected chi connectivity index (χ0v) is 12.8. The summed E-state index contributed by atoms with van der Waals surface area (Å²) in [6.45, 7) is 3.67. The van der Waals surface area contributed by atoms with Crippen molar-refractivity contribution < 1.29 is 4.79 Å². The molecule has 20 heavy (non-hydrogen) atoms. The minimum Gasteiger partial charge on any atom is -0.368 e. The number of hydrogen-bond acceptors (Lipinski definition) is 5. The van der Waals surface area contributed by atoms with Gasteiger partial charge in [0.2, 0.25) is 5.91 Å². The van der Waals surface area contributed by atoms with Gasteiger partial charge in [0.1, 0.15) is 0 Å². The molecular weight excluding hydrogens is 276 g/mol. The van der Waals surface area contributed by atoms with Gasteiger partial charge in [-0.3, -0.25) is 9.59 Å². The van der Waals surface area contributed by atoms with Crippen LogP contribution in [0.15, 0.2) is 16.0 Å². The number of aromatic amines is 1. The number of carbonyl (C=O) groups is 1. The molecule has 0 aromatic carbocycles. The van der Waals surface area contributed by atoms with Crippen LogP contribution >= 0.6 is 11.8 Å². The summed E-state index contributed by atoms with van der Waals surface area (Å²) < 4.78 is 0. The number of aromatic nitrogens is 2. The van der Waals surface area contributed by atoms with Crippen molar-refractivity contribution in [3.63, 3.8) is 0 Å². The number of H-pyrrole nitrogens is 1. The maximum absolute atomic E-state index is 11.5. The van der Waals surface area contributed by atoms with Gasteiger partial charge in [-0.15, -0.1) is 0 Å². The Labute approximate surface area is 122 Å². The largest absolute Gasteiger partial charge is 0.368 e. The number of nitrogens with one attached hydrogen (secondary N) is 1. The molecular formula is C13H22N4O2S. The Morgan fingerprint density at radius 3 is 2.85 bits per heavy atom. The van der Waals surface area contributed by atoms with E-state index < -0.39 is 11.4 Å². The minimum absolute atomic E-state index is 0.133. The van der Waals surface area contributed by atoms with E-state index in [9.17, 15) is 9.59 Å². The van der Waals surface area contributed by atoms with Crippen LogP contribution < -0.4 is 17.0 Å². The van der Waals surface area contributed by atoms with E-state index in [1.807, 2.05) is 6.92 Å². The van der Waals surface area contributed by atoms with Crippen LogP contribution in [0.2, 0.25) is 0 Å². The summed E-state index contributed by atoms with van der Waals surface area (Å²) >= 11 is 1.45. The van der Waals surface area contributed by atoms with Gasteiger partial charge < -0.3 is 16.5 Å². The van der Waals surface area contributed by atoms with E-state index in [-0.39, 0.29) is 5.56 Å². The summed E-state index contributed by atoms with van der Waals surface area (Å²) in [5, 5.41) is 0.610. The molecule has 0 aliphatic rings. The number of thioether (sulfide) groups is 1. The first kappa shape index (κ1) is 16.7. The van der Waals surface area contributed by atoms with Gasteiger partial charge in [-0.1, -0.05) is 25.1 Å². The number of amides is 1. The molecule has 1 aromatic rings. The molecule has 1 unspecified atom stereocenters. The van der Waals surface area contributed by atoms with Crippen LogP contribution in [-0.2, 0) is 11.2 Å². The van der Waals surface area contributed by atoms with Crippen LogP contribution in [0.4, 0.5) is 0 Å². The number of primary amides is 1. The fourth-order valence-corrected chi connectivity index (χ4v) is 2.50. The van der Waals surface area contributed by atoms with Crippen LogP contribution in [-0.4, -0.2) is 27.2 Å². The highest BCUT2D eigenvalue weighted by Crippen LogP contribution is 2.17. The molecule has 7 heteroatoms. The topological polar surface area (TPSA) is 115 Å². The van der Waals surface area contributed by atoms with Crippen molar-refractivity contribution >= 4 is 17.7 Å². The highest BCUT2D eigenvalue weighted by molar-refractivity contribution is 7.99. The van der Waals surface area contributed by atoms with Gasteiger partial charge in [0, 0.05) is 17.5 Å². The van der Waals surface area contributed by atoms with Gasteiger partial charge in [-0.25, -0.2) is 4.98 Å². The van der Waals surface area contributed by atoms with Crippen LogP contribution in [0.5, 0.6) is 0 Å². The number of carbonyl (C=O) groups excluding carboxylic acids is 1. The second kappa shape index (κ2) is 7.44. The predicted octanol–water partition coefficient (Wildman–Crippen LogP) is 0.797. The van der Waals surface area contributed by atoms with Crippen molar-refractivity contribution in [3.8, 4) is 0 Å². The third-order valence-corrected chi connectivity index (χ3v) is 3.88. The molecule has 1 rings (SSSR count). The number of rotatable bonds is 8. The van der Waals surface area contributed by atoms with Gasteiger partial charge in [-0.05, 0) is 26.2 Å². The molecule has 0 spiro atoms. The monoisotopic (exact) mass is 298 g/mol. The smallest absolute Gasteiger partial charge is 0.251 e. The van der Waals surface area contributed by atoms with Crippen molar-refractivity contribution in [3.05, 3.63) is 22.1 Å². The second-order valence-electron chi connectivity index (χ2n) is 5.03. The van der Waals surface area contributed by atoms with E-state index in [1.165, 1.54) is 17.8 Å². The maximum atomic E-state index is 11.5. The van der Waals surface area contributed by atoms with Crippen LogP contribution in [0.25, 0.3) is 0 Å². The molecule has 0 bridgehead atoms. The number of nitrogens with two attached hydrogens (primary N) is 2. The zero-order valence-electron chi connectivity index (χ0n) is 11.9. The molecule has 0 aliphatic carbocycles. The molecule has 0 fully saturated rings. The minimum atomic E-state index is -0.981. The third kappa shape index (κ3) is 5.34. The Balaban J connectivity index is 2.50. The fourth-order valence-electron chi connectivity index (χ4n) is 1.67. The summed E-state index contributed by atoms with van der Waals surface area (Å²) in [5.74, 6) is 0.220. The zero-order chi connectivity index (χ0) is 15.2. The van der Waals surface area contributed by atoms with E-state index in [4.69, 9.17) is 11.5 Å². The summed E-state index contributed by atoms with van der Waals surface area (Å²) in [5.41, 5.74) is 10.7. The Bertz CT molecular complexity index is 513. The van der Waals surface area contributed by atoms with Crippen LogP contribution in [0, 0.1) is 0 Å². The van der Waals surface area contributed by atoms with Crippen molar-refractivity contribution in [1.29, 1.82) is 0 Å². The average Bonchev–Trinajstić information content (AvgIpc) is 2.34. The lowest BCUT2D eigenvalue weighted by Gasteiger charge is -2.19. The molecule has 1 heterocycles. The van der Waals surface area contributed by atoms with Gasteiger partial charge in [0.05, 0.1) is 5.54 Å². The van der Waals surface area contributed by atoms with Gasteiger partial charge in [-0.2, -0.15) is 0 Å². The van der Waals surface area contributed by atoms with Gasteiger partial charge >= 0.3 is 0 Å². The lowest BCUT2D eigenvalue weighted by atomic mass is 9.97. The Kier molecular flexibility index (Phi) is 6.22. The number of aryl methyl sites for hydroxylation is 1. The molecule has 0 aliphatic heterocycles. The van der Waals surface area contributed by atoms with E-state index in [1.54, 1.807) is 6.92 Å². The maximum Gasteiger partial charge on any atom is 0.251 e. The quantitative estimate of drug-likeness (QED) is 0.373. The fraction of sp³-hybridized carbons (Fsp3) is 0.615. The molecule has 1 amide bonds. The number of hydrogen-bond donors (Lipinski definition) is 3. The lowest BCUT2D eigenvalue weighted by molar-refractivity contribution is -0.122. The Morgan fingerprint density at radius 2 is 2.25 bits per heavy atom. The van der Waals surface area contributed by atoms with Gasteiger partial charge in [0.25, 0.3) is 5.56 Å². The first-order valence-corrected chi connectivity index (χ1v) is 7.65. The predicted molar refractivity (Wildman–Crippen MR) is 80.6 cm³/mol. The molecule has 0 radical (unpaired) electrons. The van der Waals surface area contributed by atoms with Crippen LogP contribution in [0.3, 0.4) is 0 Å². The number of nitrogens with zero attached hydrogens (tertiary/aromatic N) is 1. The average molecular weight is 298 g/mol. The van der Waals surface area contributed by atoms with Crippen molar-refractivity contribution in [2.75, 3.05) is 5.75 Å². The van der Waals surface area contributed by atoms with E-state index in [0.717, 1.165) is 30.7 Å². The Hall–Kier alpha value is -1.34. The standard InChI is InChI=1S/C13H22N4O2S/c1-3-5-9-8-10(18)17-12(16-9)20-7-4-6-13(2,15)11(14)19/h8H,3-7,15H2,1-2H3,(H2,14,19)(H,16,17,18). The van der Waals surface area contributed by atoms with E-state index >= 15 is 0 Å². The summed E-state index contributed by atoms with van der Waals surface area (Å²) in [4.78, 5) is 29.6. The summed E-state index contributed by atoms with van der Waals surface area (Å²) in [7, 11) is 0. The lowest BCUT2D eigenvalue weighted by Crippen LogP contribution is -2.49. The summed E-state index contributed by atoms with van der Waals surface area (Å²) in [6.07, 6.45) is 2.97. The van der Waals surface area contributed by atoms with Crippen LogP contribution in [0.1, 0.15) is 38.8 Å². The van der Waals surface area contributed by atoms with E-state index in [0.29, 0.717) is 11.6 Å². The highest BCUT2D eigenvalue weighted by atomic mass is 32.2. The van der Waals surface area contributed by atoms with Crippen molar-refractivity contribution in [2.45, 2.75) is 50.2 Å². The molecule has 112 valence electrons.